The highest BCUT2D eigenvalue weighted by Crippen LogP contribution is 2.14. The molecule has 0 aliphatic carbocycles. The monoisotopic (exact) mass is 324 g/mol. The summed E-state index contributed by atoms with van der Waals surface area (Å²) >= 11 is 0. The molecule has 0 unspecified atom stereocenters. The van der Waals surface area contributed by atoms with E-state index in [0.717, 1.165) is 38.0 Å². The maximum absolute atomic E-state index is 11.8. The lowest BCUT2D eigenvalue weighted by molar-refractivity contribution is 0.0468. The van der Waals surface area contributed by atoms with E-state index in [1.54, 1.807) is 38.5 Å². The van der Waals surface area contributed by atoms with E-state index in [1.165, 1.54) is 0 Å². The van der Waals surface area contributed by atoms with E-state index in [-0.39, 0.29) is 5.97 Å². The number of esters is 1. The lowest BCUT2D eigenvalue weighted by Crippen LogP contribution is -2.08. The lowest BCUT2D eigenvalue weighted by Gasteiger charge is -2.08. The van der Waals surface area contributed by atoms with Crippen LogP contribution < -0.4 is 4.74 Å². The van der Waals surface area contributed by atoms with E-state index in [1.807, 2.05) is 0 Å². The summed E-state index contributed by atoms with van der Waals surface area (Å²) in [4.78, 5) is 11.8. The van der Waals surface area contributed by atoms with Crippen molar-refractivity contribution in [2.45, 2.75) is 32.1 Å². The molecule has 1 aromatic rings. The molecule has 5 heteroatoms. The number of carbonyl (C=O) groups excluding carboxylic acids is 1. The van der Waals surface area contributed by atoms with Crippen molar-refractivity contribution in [2.24, 2.45) is 0 Å². The first kappa shape index (κ1) is 19.5. The summed E-state index contributed by atoms with van der Waals surface area (Å²) in [7, 11) is 3.35. The van der Waals surface area contributed by atoms with Crippen LogP contribution >= 0.6 is 0 Å². The maximum Gasteiger partial charge on any atom is 0.338 e. The molecule has 0 N–H and O–H groups in total. The number of benzene rings is 1. The number of methoxy groups -OCH3 is 2. The van der Waals surface area contributed by atoms with Crippen molar-refractivity contribution in [3.8, 4) is 5.75 Å². The normalized spacial score (nSPS) is 10.5. The molecule has 0 bridgehead atoms. The minimum Gasteiger partial charge on any atom is -0.494 e. The first-order valence-electron chi connectivity index (χ1n) is 8.15. The molecule has 23 heavy (non-hydrogen) atoms. The molecule has 0 atom stereocenters. The number of carbonyl (C=O) groups is 1. The Labute approximate surface area is 138 Å². The van der Waals surface area contributed by atoms with Gasteiger partial charge >= 0.3 is 5.97 Å². The molecule has 0 aliphatic heterocycles. The van der Waals surface area contributed by atoms with Crippen LogP contribution in [0.25, 0.3) is 0 Å². The van der Waals surface area contributed by atoms with Gasteiger partial charge in [-0.2, -0.15) is 0 Å². The third kappa shape index (κ3) is 9.21. The second-order valence-electron chi connectivity index (χ2n) is 5.26. The Morgan fingerprint density at radius 2 is 1.39 bits per heavy atom. The summed E-state index contributed by atoms with van der Waals surface area (Å²) in [6.07, 6.45) is 5.11. The smallest absolute Gasteiger partial charge is 0.338 e. The second kappa shape index (κ2) is 12.9. The molecule has 1 rings (SSSR count). The fourth-order valence-electron chi connectivity index (χ4n) is 2.03. The zero-order chi connectivity index (χ0) is 16.8. The van der Waals surface area contributed by atoms with Crippen LogP contribution in [0.1, 0.15) is 42.5 Å². The van der Waals surface area contributed by atoms with Crippen molar-refractivity contribution in [1.82, 2.24) is 0 Å². The first-order valence-corrected chi connectivity index (χ1v) is 8.15. The maximum atomic E-state index is 11.8. The largest absolute Gasteiger partial charge is 0.494 e. The van der Waals surface area contributed by atoms with Gasteiger partial charge in [0.2, 0.25) is 0 Å². The fraction of sp³-hybridized carbons (Fsp3) is 0.611. The summed E-state index contributed by atoms with van der Waals surface area (Å²) in [5.41, 5.74) is 0.536. The first-order chi connectivity index (χ1) is 11.3. The minimum absolute atomic E-state index is 0.314. The van der Waals surface area contributed by atoms with Gasteiger partial charge in [0.25, 0.3) is 0 Å². The molecule has 5 nitrogen and oxygen atoms in total. The summed E-state index contributed by atoms with van der Waals surface area (Å²) in [6, 6.07) is 7.06. The van der Waals surface area contributed by atoms with E-state index in [4.69, 9.17) is 18.9 Å². The number of unbranched alkanes of at least 4 members (excludes halogenated alkanes) is 3. The molecule has 1 aromatic carbocycles. The Morgan fingerprint density at radius 3 is 2.04 bits per heavy atom. The van der Waals surface area contributed by atoms with Crippen molar-refractivity contribution in [2.75, 3.05) is 40.6 Å². The number of rotatable bonds is 13. The van der Waals surface area contributed by atoms with Crippen molar-refractivity contribution in [1.29, 1.82) is 0 Å². The van der Waals surface area contributed by atoms with E-state index in [9.17, 15) is 4.79 Å². The zero-order valence-corrected chi connectivity index (χ0v) is 14.2. The molecule has 0 radical (unpaired) electrons. The highest BCUT2D eigenvalue weighted by molar-refractivity contribution is 5.89. The molecule has 0 saturated heterocycles. The molecule has 0 heterocycles. The van der Waals surface area contributed by atoms with E-state index in [2.05, 4.69) is 0 Å². The average molecular weight is 324 g/mol. The van der Waals surface area contributed by atoms with Gasteiger partial charge in [0.15, 0.2) is 0 Å². The number of hydrogen-bond donors (Lipinski definition) is 0. The van der Waals surface area contributed by atoms with Crippen LogP contribution in [-0.4, -0.2) is 46.6 Å². The van der Waals surface area contributed by atoms with Gasteiger partial charge in [0.05, 0.1) is 18.8 Å². The topological polar surface area (TPSA) is 54.0 Å². The van der Waals surface area contributed by atoms with Crippen molar-refractivity contribution in [3.63, 3.8) is 0 Å². The van der Waals surface area contributed by atoms with Crippen molar-refractivity contribution in [3.05, 3.63) is 29.8 Å². The summed E-state index contributed by atoms with van der Waals surface area (Å²) in [5, 5.41) is 0. The van der Waals surface area contributed by atoms with Crippen LogP contribution in [0.5, 0.6) is 5.75 Å². The van der Waals surface area contributed by atoms with E-state index in [0.29, 0.717) is 31.8 Å². The Hall–Kier alpha value is -1.59. The number of ether oxygens (including phenoxy) is 4. The Morgan fingerprint density at radius 1 is 0.783 bits per heavy atom. The lowest BCUT2D eigenvalue weighted by atomic mass is 10.2. The van der Waals surface area contributed by atoms with Gasteiger partial charge in [-0.25, -0.2) is 4.79 Å². The second-order valence-corrected chi connectivity index (χ2v) is 5.26. The van der Waals surface area contributed by atoms with Crippen LogP contribution in [0.4, 0.5) is 0 Å². The SMILES string of the molecule is COCCCCCCOc1ccc(C(=O)OCCCOC)cc1. The van der Waals surface area contributed by atoms with Crippen LogP contribution in [-0.2, 0) is 14.2 Å². The van der Waals surface area contributed by atoms with Gasteiger partial charge in [0.1, 0.15) is 5.75 Å². The third-order valence-corrected chi connectivity index (χ3v) is 3.33. The molecular formula is C18H28O5. The Bertz CT molecular complexity index is 416. The quantitative estimate of drug-likeness (QED) is 0.411. The van der Waals surface area contributed by atoms with Crippen molar-refractivity contribution >= 4 is 5.97 Å². The fourth-order valence-corrected chi connectivity index (χ4v) is 2.03. The predicted molar refractivity (Wildman–Crippen MR) is 89.1 cm³/mol. The molecule has 0 aromatic heterocycles. The molecule has 0 spiro atoms. The molecule has 0 fully saturated rings. The highest BCUT2D eigenvalue weighted by atomic mass is 16.5. The van der Waals surface area contributed by atoms with E-state index < -0.39 is 0 Å². The zero-order valence-electron chi connectivity index (χ0n) is 14.2. The molecule has 0 aliphatic rings. The molecule has 0 amide bonds. The van der Waals surface area contributed by atoms with Crippen molar-refractivity contribution < 1.29 is 23.7 Å². The van der Waals surface area contributed by atoms with E-state index >= 15 is 0 Å². The highest BCUT2D eigenvalue weighted by Gasteiger charge is 2.06. The van der Waals surface area contributed by atoms with Gasteiger partial charge < -0.3 is 18.9 Å². The Balaban J connectivity index is 2.18. The van der Waals surface area contributed by atoms with Gasteiger partial charge in [-0.3, -0.25) is 0 Å². The summed E-state index contributed by atoms with van der Waals surface area (Å²) in [6.45, 7) is 2.47. The molecule has 130 valence electrons. The van der Waals surface area contributed by atoms with Crippen LogP contribution in [0, 0.1) is 0 Å². The number of hydrogen-bond acceptors (Lipinski definition) is 5. The standard InChI is InChI=1S/C18H28O5/c1-20-12-5-3-4-6-14-22-17-10-8-16(9-11-17)18(19)23-15-7-13-21-2/h8-11H,3-7,12-15H2,1-2H3. The molecular weight excluding hydrogens is 296 g/mol. The third-order valence-electron chi connectivity index (χ3n) is 3.33. The summed E-state index contributed by atoms with van der Waals surface area (Å²) < 4.78 is 20.7. The van der Waals surface area contributed by atoms with Crippen LogP contribution in [0.3, 0.4) is 0 Å². The van der Waals surface area contributed by atoms with Crippen LogP contribution in [0.15, 0.2) is 24.3 Å². The van der Waals surface area contributed by atoms with Gasteiger partial charge in [-0.05, 0) is 43.5 Å². The molecule has 0 saturated carbocycles. The van der Waals surface area contributed by atoms with Gasteiger partial charge in [-0.15, -0.1) is 0 Å². The van der Waals surface area contributed by atoms with Crippen LogP contribution in [0.2, 0.25) is 0 Å². The van der Waals surface area contributed by atoms with Gasteiger partial charge in [-0.1, -0.05) is 6.42 Å². The predicted octanol–water partition coefficient (Wildman–Crippen LogP) is 3.47. The average Bonchev–Trinajstić information content (AvgIpc) is 2.58. The minimum atomic E-state index is -0.314. The summed E-state index contributed by atoms with van der Waals surface area (Å²) in [5.74, 6) is 0.462. The van der Waals surface area contributed by atoms with Gasteiger partial charge in [0, 0.05) is 33.9 Å². The Kier molecular flexibility index (Phi) is 10.9.